The minimum absolute atomic E-state index is 0.119. The van der Waals surface area contributed by atoms with Gasteiger partial charge in [-0.25, -0.2) is 0 Å². The van der Waals surface area contributed by atoms with Crippen LogP contribution in [0.5, 0.6) is 0 Å². The Bertz CT molecular complexity index is 593. The van der Waals surface area contributed by atoms with E-state index in [1.165, 1.54) is 6.07 Å². The molecular weight excluding hydrogens is 230 g/mol. The fraction of sp³-hybridized carbons (Fsp3) is 0.231. The number of nitrogens with zero attached hydrogens (tertiary/aromatic N) is 1. The smallest absolute Gasteiger partial charge is 0.295 e. The minimum atomic E-state index is -0.401. The Labute approximate surface area is 104 Å². The molecule has 1 aromatic heterocycles. The first-order valence-electron chi connectivity index (χ1n) is 5.76. The number of hydrogen-bond donors (Lipinski definition) is 2. The van der Waals surface area contributed by atoms with Crippen molar-refractivity contribution in [1.29, 1.82) is 0 Å². The van der Waals surface area contributed by atoms with Gasteiger partial charge in [-0.2, -0.15) is 4.98 Å². The Hall–Kier alpha value is -2.14. The summed E-state index contributed by atoms with van der Waals surface area (Å²) in [6, 6.07) is 8.93. The second-order valence-corrected chi connectivity index (χ2v) is 3.95. The molecule has 0 unspecified atom stereocenters. The van der Waals surface area contributed by atoms with Gasteiger partial charge in [0.05, 0.1) is 0 Å². The van der Waals surface area contributed by atoms with Gasteiger partial charge in [0, 0.05) is 11.6 Å². The van der Waals surface area contributed by atoms with E-state index in [1.807, 2.05) is 24.3 Å². The summed E-state index contributed by atoms with van der Waals surface area (Å²) in [7, 11) is 0. The average molecular weight is 245 g/mol. The van der Waals surface area contributed by atoms with Gasteiger partial charge in [0.2, 0.25) is 0 Å². The Kier molecular flexibility index (Phi) is 3.74. The maximum Gasteiger partial charge on any atom is 0.295 e. The number of rotatable bonds is 4. The molecule has 94 valence electrons. The lowest BCUT2D eigenvalue weighted by molar-refractivity contribution is 0.563. The topological polar surface area (TPSA) is 95.1 Å². The molecule has 0 fully saturated rings. The van der Waals surface area contributed by atoms with E-state index in [9.17, 15) is 4.79 Å². The van der Waals surface area contributed by atoms with Gasteiger partial charge in [0.15, 0.2) is 0 Å². The molecule has 1 aromatic carbocycles. The van der Waals surface area contributed by atoms with Gasteiger partial charge in [-0.3, -0.25) is 4.79 Å². The molecule has 5 heteroatoms. The summed E-state index contributed by atoms with van der Waals surface area (Å²) in [6.45, 7) is 0.622. The first-order valence-corrected chi connectivity index (χ1v) is 5.76. The third-order valence-electron chi connectivity index (χ3n) is 2.62. The number of aryl methyl sites for hydroxylation is 1. The van der Waals surface area contributed by atoms with Crippen LogP contribution in [0.1, 0.15) is 12.0 Å². The van der Waals surface area contributed by atoms with E-state index >= 15 is 0 Å². The maximum absolute atomic E-state index is 11.3. The standard InChI is InChI=1S/C13H15N3O2/c14-7-3-5-9-4-1-2-6-10(9)11-8-12(17)16-13(15)18-11/h1-2,4,6,8H,3,5,7,14H2,(H2,15,16,17). The number of anilines is 1. The predicted octanol–water partition coefficient (Wildman–Crippen LogP) is 1.18. The van der Waals surface area contributed by atoms with Gasteiger partial charge in [-0.1, -0.05) is 24.3 Å². The SMILES string of the molecule is NCCCc1ccccc1-c1cc(=O)nc(N)o1. The van der Waals surface area contributed by atoms with E-state index in [4.69, 9.17) is 15.9 Å². The van der Waals surface area contributed by atoms with Crippen molar-refractivity contribution in [2.75, 3.05) is 12.3 Å². The third-order valence-corrected chi connectivity index (χ3v) is 2.62. The van der Waals surface area contributed by atoms with Crippen LogP contribution in [0.4, 0.5) is 6.01 Å². The van der Waals surface area contributed by atoms with Crippen molar-refractivity contribution in [3.63, 3.8) is 0 Å². The van der Waals surface area contributed by atoms with Gasteiger partial charge in [0.1, 0.15) is 5.76 Å². The summed E-state index contributed by atoms with van der Waals surface area (Å²) < 4.78 is 5.30. The molecule has 0 saturated carbocycles. The van der Waals surface area contributed by atoms with Crippen molar-refractivity contribution in [3.05, 3.63) is 46.2 Å². The molecule has 5 nitrogen and oxygen atoms in total. The number of nitrogen functional groups attached to an aromatic ring is 1. The third kappa shape index (κ3) is 2.75. The monoisotopic (exact) mass is 245 g/mol. The molecule has 2 aromatic rings. The molecule has 1 heterocycles. The van der Waals surface area contributed by atoms with Crippen LogP contribution in [0.3, 0.4) is 0 Å². The Balaban J connectivity index is 2.46. The molecule has 4 N–H and O–H groups in total. The molecule has 0 bridgehead atoms. The summed E-state index contributed by atoms with van der Waals surface area (Å²) in [4.78, 5) is 14.8. The number of hydrogen-bond acceptors (Lipinski definition) is 5. The second-order valence-electron chi connectivity index (χ2n) is 3.95. The van der Waals surface area contributed by atoms with Crippen LogP contribution in [-0.4, -0.2) is 11.5 Å². The minimum Gasteiger partial charge on any atom is -0.425 e. The van der Waals surface area contributed by atoms with E-state index in [2.05, 4.69) is 4.98 Å². The van der Waals surface area contributed by atoms with E-state index in [1.54, 1.807) is 0 Å². The molecule has 0 spiro atoms. The van der Waals surface area contributed by atoms with Crippen LogP contribution in [0.25, 0.3) is 11.3 Å². The van der Waals surface area contributed by atoms with Crippen LogP contribution in [0.15, 0.2) is 39.5 Å². The summed E-state index contributed by atoms with van der Waals surface area (Å²) in [5, 5.41) is 0. The lowest BCUT2D eigenvalue weighted by atomic mass is 10.0. The lowest BCUT2D eigenvalue weighted by Gasteiger charge is -2.08. The van der Waals surface area contributed by atoms with Gasteiger partial charge in [-0.15, -0.1) is 0 Å². The number of aromatic nitrogens is 1. The Morgan fingerprint density at radius 1 is 1.28 bits per heavy atom. The quantitative estimate of drug-likeness (QED) is 0.843. The van der Waals surface area contributed by atoms with Gasteiger partial charge in [-0.05, 0) is 24.9 Å². The van der Waals surface area contributed by atoms with E-state index in [-0.39, 0.29) is 6.01 Å². The van der Waals surface area contributed by atoms with Crippen LogP contribution in [0, 0.1) is 0 Å². The van der Waals surface area contributed by atoms with Crippen LogP contribution in [-0.2, 0) is 6.42 Å². The molecule has 18 heavy (non-hydrogen) atoms. The van der Waals surface area contributed by atoms with Crippen molar-refractivity contribution in [2.45, 2.75) is 12.8 Å². The van der Waals surface area contributed by atoms with E-state index < -0.39 is 5.56 Å². The van der Waals surface area contributed by atoms with E-state index in [0.717, 1.165) is 24.0 Å². The Morgan fingerprint density at radius 2 is 2.06 bits per heavy atom. The van der Waals surface area contributed by atoms with Gasteiger partial charge >= 0.3 is 0 Å². The Morgan fingerprint density at radius 3 is 2.78 bits per heavy atom. The van der Waals surface area contributed by atoms with Crippen molar-refractivity contribution < 1.29 is 4.42 Å². The molecule has 0 aliphatic carbocycles. The second kappa shape index (κ2) is 5.46. The summed E-state index contributed by atoms with van der Waals surface area (Å²) in [5.74, 6) is 0.445. The highest BCUT2D eigenvalue weighted by Crippen LogP contribution is 2.24. The van der Waals surface area contributed by atoms with Crippen molar-refractivity contribution in [1.82, 2.24) is 4.98 Å². The number of benzene rings is 1. The largest absolute Gasteiger partial charge is 0.425 e. The highest BCUT2D eigenvalue weighted by atomic mass is 16.4. The molecule has 0 radical (unpaired) electrons. The summed E-state index contributed by atoms with van der Waals surface area (Å²) in [6.07, 6.45) is 1.71. The van der Waals surface area contributed by atoms with Crippen molar-refractivity contribution in [2.24, 2.45) is 5.73 Å². The zero-order valence-corrected chi connectivity index (χ0v) is 9.93. The van der Waals surface area contributed by atoms with Crippen LogP contribution >= 0.6 is 0 Å². The van der Waals surface area contributed by atoms with E-state index in [0.29, 0.717) is 12.3 Å². The normalized spacial score (nSPS) is 10.5. The molecule has 0 amide bonds. The van der Waals surface area contributed by atoms with Crippen LogP contribution in [0.2, 0.25) is 0 Å². The highest BCUT2D eigenvalue weighted by Gasteiger charge is 2.08. The first-order chi connectivity index (χ1) is 8.70. The van der Waals surface area contributed by atoms with Crippen LogP contribution < -0.4 is 17.0 Å². The van der Waals surface area contributed by atoms with Gasteiger partial charge in [0.25, 0.3) is 11.6 Å². The average Bonchev–Trinajstić information content (AvgIpc) is 2.35. The zero-order valence-electron chi connectivity index (χ0n) is 9.93. The fourth-order valence-electron chi connectivity index (χ4n) is 1.82. The first kappa shape index (κ1) is 12.3. The van der Waals surface area contributed by atoms with Gasteiger partial charge < -0.3 is 15.9 Å². The van der Waals surface area contributed by atoms with Crippen molar-refractivity contribution in [3.8, 4) is 11.3 Å². The fourth-order valence-corrected chi connectivity index (χ4v) is 1.82. The molecule has 0 atom stereocenters. The highest BCUT2D eigenvalue weighted by molar-refractivity contribution is 5.62. The predicted molar refractivity (Wildman–Crippen MR) is 70.0 cm³/mol. The lowest BCUT2D eigenvalue weighted by Crippen LogP contribution is -2.08. The molecular formula is C13H15N3O2. The molecule has 2 rings (SSSR count). The number of nitrogens with two attached hydrogens (primary N) is 2. The summed E-state index contributed by atoms with van der Waals surface area (Å²) in [5.41, 5.74) is 12.5. The molecule has 0 aliphatic rings. The summed E-state index contributed by atoms with van der Waals surface area (Å²) >= 11 is 0. The van der Waals surface area contributed by atoms with Crippen molar-refractivity contribution >= 4 is 6.01 Å². The molecule has 0 aliphatic heterocycles. The molecule has 0 saturated heterocycles. The zero-order chi connectivity index (χ0) is 13.0. The maximum atomic E-state index is 11.3.